The number of nitrogens with zero attached hydrogens (tertiary/aromatic N) is 2. The second-order valence-electron chi connectivity index (χ2n) is 10.9. The number of benzene rings is 1. The smallest absolute Gasteiger partial charge is 0.325 e. The number of carbonyl (C=O) groups is 1. The quantitative estimate of drug-likeness (QED) is 0.398. The van der Waals surface area contributed by atoms with Crippen molar-refractivity contribution in [2.24, 2.45) is 0 Å². The van der Waals surface area contributed by atoms with Crippen LogP contribution in [-0.4, -0.2) is 72.1 Å². The Hall–Kier alpha value is -2.59. The number of rotatable bonds is 12. The minimum absolute atomic E-state index is 0.0396. The maximum Gasteiger partial charge on any atom is 0.325 e. The number of aryl methyl sites for hydroxylation is 2. The monoisotopic (exact) mass is 527 g/mol. The van der Waals surface area contributed by atoms with Crippen LogP contribution in [0.3, 0.4) is 0 Å². The third-order valence-corrected chi connectivity index (χ3v) is 7.70. The van der Waals surface area contributed by atoms with Gasteiger partial charge in [0, 0.05) is 31.9 Å². The standard InChI is InChI=1S/C29H38FN3O5/c1-29(18-36-19-29)38-17-21-7-9-22(30)15-25(21)26(28(34)35)33-13-11-24(16-33)37-14-3-2-6-23-10-8-20-5-4-12-31-27(20)32-23/h7-10,15,24,26H,2-6,11-14,16-19H2,1H3,(H,31,32)(H,34,35). The van der Waals surface area contributed by atoms with Crippen LogP contribution < -0.4 is 5.32 Å². The number of carboxylic acid groups (broad SMARTS) is 1. The summed E-state index contributed by atoms with van der Waals surface area (Å²) in [6.07, 6.45) is 5.76. The van der Waals surface area contributed by atoms with E-state index in [1.165, 1.54) is 17.7 Å². The largest absolute Gasteiger partial charge is 0.480 e. The highest BCUT2D eigenvalue weighted by atomic mass is 19.1. The van der Waals surface area contributed by atoms with Gasteiger partial charge in [-0.05, 0) is 80.3 Å². The summed E-state index contributed by atoms with van der Waals surface area (Å²) in [6, 6.07) is 7.67. The number of nitrogens with one attached hydrogen (secondary N) is 1. The molecule has 2 atom stereocenters. The Balaban J connectivity index is 1.11. The number of carboxylic acids is 1. The van der Waals surface area contributed by atoms with Crippen LogP contribution in [-0.2, 0) is 38.5 Å². The molecule has 2 unspecified atom stereocenters. The molecular formula is C29H38FN3O5. The van der Waals surface area contributed by atoms with Gasteiger partial charge in [-0.2, -0.15) is 0 Å². The number of unbranched alkanes of at least 4 members (excludes halogenated alkanes) is 1. The number of ether oxygens (including phenoxy) is 3. The first kappa shape index (κ1) is 27.0. The highest BCUT2D eigenvalue weighted by Crippen LogP contribution is 2.32. The molecule has 2 aromatic rings. The highest BCUT2D eigenvalue weighted by molar-refractivity contribution is 5.76. The summed E-state index contributed by atoms with van der Waals surface area (Å²) in [7, 11) is 0. The van der Waals surface area contributed by atoms with Gasteiger partial charge in [0.25, 0.3) is 0 Å². The van der Waals surface area contributed by atoms with Crippen molar-refractivity contribution in [1.29, 1.82) is 0 Å². The normalized spacial score (nSPS) is 21.4. The lowest BCUT2D eigenvalue weighted by molar-refractivity contribution is -0.204. The van der Waals surface area contributed by atoms with Crippen molar-refractivity contribution in [2.45, 2.75) is 69.8 Å². The number of fused-ring (bicyclic) bond motifs is 1. The Labute approximate surface area is 223 Å². The Morgan fingerprint density at radius 3 is 2.97 bits per heavy atom. The molecule has 8 nitrogen and oxygen atoms in total. The van der Waals surface area contributed by atoms with E-state index in [1.54, 1.807) is 6.07 Å². The number of halogens is 1. The first-order valence-electron chi connectivity index (χ1n) is 13.7. The van der Waals surface area contributed by atoms with Gasteiger partial charge >= 0.3 is 5.97 Å². The average Bonchev–Trinajstić information content (AvgIpc) is 3.35. The maximum atomic E-state index is 14.2. The van der Waals surface area contributed by atoms with Gasteiger partial charge in [-0.15, -0.1) is 0 Å². The van der Waals surface area contributed by atoms with E-state index in [2.05, 4.69) is 17.4 Å². The second kappa shape index (κ2) is 12.1. The Bertz CT molecular complexity index is 1130. The molecule has 3 aliphatic rings. The van der Waals surface area contributed by atoms with Crippen LogP contribution in [0.2, 0.25) is 0 Å². The molecule has 206 valence electrons. The third-order valence-electron chi connectivity index (χ3n) is 7.70. The van der Waals surface area contributed by atoms with Crippen molar-refractivity contribution in [2.75, 3.05) is 44.8 Å². The fourth-order valence-electron chi connectivity index (χ4n) is 5.45. The van der Waals surface area contributed by atoms with Crippen LogP contribution in [0.15, 0.2) is 30.3 Å². The number of likely N-dealkylation sites (tertiary alicyclic amines) is 1. The molecule has 5 rings (SSSR count). The van der Waals surface area contributed by atoms with Crippen molar-refractivity contribution >= 4 is 11.8 Å². The van der Waals surface area contributed by atoms with Crippen molar-refractivity contribution < 1.29 is 28.5 Å². The van der Waals surface area contributed by atoms with Crippen LogP contribution in [0.5, 0.6) is 0 Å². The molecule has 0 bridgehead atoms. The minimum atomic E-state index is -0.997. The number of hydrogen-bond donors (Lipinski definition) is 2. The van der Waals surface area contributed by atoms with Crippen LogP contribution >= 0.6 is 0 Å². The molecule has 0 radical (unpaired) electrons. The van der Waals surface area contributed by atoms with Crippen molar-refractivity contribution in [1.82, 2.24) is 9.88 Å². The molecule has 0 spiro atoms. The van der Waals surface area contributed by atoms with Gasteiger partial charge in [0.05, 0.1) is 25.9 Å². The zero-order valence-electron chi connectivity index (χ0n) is 22.1. The van der Waals surface area contributed by atoms with E-state index in [0.29, 0.717) is 44.0 Å². The zero-order valence-corrected chi connectivity index (χ0v) is 22.1. The van der Waals surface area contributed by atoms with Gasteiger partial charge in [0.1, 0.15) is 23.3 Å². The summed E-state index contributed by atoms with van der Waals surface area (Å²) in [4.78, 5) is 19.0. The number of aromatic nitrogens is 1. The first-order chi connectivity index (χ1) is 18.4. The second-order valence-corrected chi connectivity index (χ2v) is 10.9. The van der Waals surface area contributed by atoms with Crippen LogP contribution in [0.25, 0.3) is 0 Å². The predicted octanol–water partition coefficient (Wildman–Crippen LogP) is 4.12. The highest BCUT2D eigenvalue weighted by Gasteiger charge is 2.37. The zero-order chi connectivity index (χ0) is 26.5. The molecule has 1 aromatic carbocycles. The number of anilines is 1. The van der Waals surface area contributed by atoms with E-state index < -0.39 is 17.8 Å². The summed E-state index contributed by atoms with van der Waals surface area (Å²) in [6.45, 7) is 5.85. The lowest BCUT2D eigenvalue weighted by Crippen LogP contribution is -2.49. The number of pyridine rings is 1. The maximum absolute atomic E-state index is 14.2. The molecule has 1 aromatic heterocycles. The molecule has 2 saturated heterocycles. The minimum Gasteiger partial charge on any atom is -0.480 e. The van der Waals surface area contributed by atoms with Crippen molar-refractivity contribution in [3.63, 3.8) is 0 Å². The van der Waals surface area contributed by atoms with Crippen molar-refractivity contribution in [3.8, 4) is 0 Å². The number of aliphatic carboxylic acids is 1. The molecule has 38 heavy (non-hydrogen) atoms. The lowest BCUT2D eigenvalue weighted by Gasteiger charge is -2.38. The fraction of sp³-hybridized carbons (Fsp3) is 0.586. The molecule has 2 N–H and O–H groups in total. The topological polar surface area (TPSA) is 93.2 Å². The van der Waals surface area contributed by atoms with E-state index in [0.717, 1.165) is 56.6 Å². The van der Waals surface area contributed by atoms with E-state index >= 15 is 0 Å². The summed E-state index contributed by atoms with van der Waals surface area (Å²) >= 11 is 0. The summed E-state index contributed by atoms with van der Waals surface area (Å²) in [5.74, 6) is -0.421. The van der Waals surface area contributed by atoms with Crippen molar-refractivity contribution in [3.05, 3.63) is 58.5 Å². The summed E-state index contributed by atoms with van der Waals surface area (Å²) < 4.78 is 31.6. The Kier molecular flexibility index (Phi) is 8.57. The van der Waals surface area contributed by atoms with E-state index in [4.69, 9.17) is 19.2 Å². The number of hydrogen-bond acceptors (Lipinski definition) is 7. The van der Waals surface area contributed by atoms with Gasteiger partial charge in [0.15, 0.2) is 0 Å². The SMILES string of the molecule is CC1(OCc2ccc(F)cc2C(C(=O)O)N2CCC(OCCCCc3ccc4c(n3)NCCC4)C2)COC1. The van der Waals surface area contributed by atoms with E-state index in [1.807, 2.05) is 11.8 Å². The Morgan fingerprint density at radius 1 is 1.32 bits per heavy atom. The van der Waals surface area contributed by atoms with Gasteiger partial charge in [0.2, 0.25) is 0 Å². The predicted molar refractivity (Wildman–Crippen MR) is 141 cm³/mol. The average molecular weight is 528 g/mol. The molecule has 0 aliphatic carbocycles. The van der Waals surface area contributed by atoms with Crippen LogP contribution in [0, 0.1) is 5.82 Å². The van der Waals surface area contributed by atoms with Crippen LogP contribution in [0.1, 0.15) is 61.0 Å². The lowest BCUT2D eigenvalue weighted by atomic mass is 9.98. The van der Waals surface area contributed by atoms with Gasteiger partial charge in [-0.25, -0.2) is 9.37 Å². The third kappa shape index (κ3) is 6.51. The molecular weight excluding hydrogens is 489 g/mol. The Morgan fingerprint density at radius 2 is 2.18 bits per heavy atom. The molecule has 3 aliphatic heterocycles. The molecule has 2 fully saturated rings. The molecule has 9 heteroatoms. The summed E-state index contributed by atoms with van der Waals surface area (Å²) in [5.41, 5.74) is 3.14. The van der Waals surface area contributed by atoms with Gasteiger partial charge in [-0.1, -0.05) is 12.1 Å². The molecule has 0 saturated carbocycles. The molecule has 0 amide bonds. The van der Waals surface area contributed by atoms with E-state index in [9.17, 15) is 14.3 Å². The first-order valence-corrected chi connectivity index (χ1v) is 13.7. The summed E-state index contributed by atoms with van der Waals surface area (Å²) in [5, 5.41) is 13.5. The fourth-order valence-corrected chi connectivity index (χ4v) is 5.45. The van der Waals surface area contributed by atoms with Gasteiger partial charge in [-0.3, -0.25) is 9.69 Å². The van der Waals surface area contributed by atoms with Gasteiger partial charge < -0.3 is 24.6 Å². The molecule has 4 heterocycles. The van der Waals surface area contributed by atoms with E-state index in [-0.39, 0.29) is 18.3 Å². The van der Waals surface area contributed by atoms with Crippen LogP contribution in [0.4, 0.5) is 10.2 Å².